The van der Waals surface area contributed by atoms with Gasteiger partial charge in [0, 0.05) is 18.1 Å². The van der Waals surface area contributed by atoms with Gasteiger partial charge in [-0.2, -0.15) is 0 Å². The fourth-order valence-electron chi connectivity index (χ4n) is 1.85. The molecule has 0 aliphatic carbocycles. The Morgan fingerprint density at radius 1 is 1.18 bits per heavy atom. The standard InChI is InChI=1S/C17H20N2O2S/c1-3-5-6-8-16(20)21-14-11-9-13(10-12-14)17-19-18-15(22-17)7-4-2/h6,8-12H,3-5,7H2,1-2H3. The summed E-state index contributed by atoms with van der Waals surface area (Å²) in [7, 11) is 0. The van der Waals surface area contributed by atoms with Gasteiger partial charge in [0.15, 0.2) is 0 Å². The highest BCUT2D eigenvalue weighted by atomic mass is 32.1. The van der Waals surface area contributed by atoms with Gasteiger partial charge in [-0.1, -0.05) is 37.7 Å². The van der Waals surface area contributed by atoms with E-state index >= 15 is 0 Å². The molecule has 0 radical (unpaired) electrons. The number of hydrogen-bond donors (Lipinski definition) is 0. The normalized spacial score (nSPS) is 11.0. The number of aromatic nitrogens is 2. The predicted molar refractivity (Wildman–Crippen MR) is 89.0 cm³/mol. The fraction of sp³-hybridized carbons (Fsp3) is 0.353. The first-order chi connectivity index (χ1) is 10.7. The zero-order chi connectivity index (χ0) is 15.8. The Kier molecular flexibility index (Phi) is 6.27. The van der Waals surface area contributed by atoms with Gasteiger partial charge < -0.3 is 4.74 Å². The molecular weight excluding hydrogens is 296 g/mol. The van der Waals surface area contributed by atoms with Crippen LogP contribution >= 0.6 is 11.3 Å². The molecule has 0 fully saturated rings. The van der Waals surface area contributed by atoms with Gasteiger partial charge in [-0.25, -0.2) is 4.79 Å². The first kappa shape index (κ1) is 16.4. The zero-order valence-corrected chi connectivity index (χ0v) is 13.7. The van der Waals surface area contributed by atoms with E-state index in [0.29, 0.717) is 5.75 Å². The molecule has 0 aliphatic rings. The number of esters is 1. The molecule has 0 saturated heterocycles. The number of rotatable bonds is 7. The first-order valence-electron chi connectivity index (χ1n) is 7.54. The van der Waals surface area contributed by atoms with E-state index in [0.717, 1.165) is 41.3 Å². The maximum Gasteiger partial charge on any atom is 0.335 e. The molecule has 0 spiro atoms. The number of unbranched alkanes of at least 4 members (excludes halogenated alkanes) is 1. The molecule has 1 aromatic carbocycles. The number of ether oxygens (including phenoxy) is 1. The summed E-state index contributed by atoms with van der Waals surface area (Å²) in [6, 6.07) is 7.35. The Morgan fingerprint density at radius 2 is 1.95 bits per heavy atom. The van der Waals surface area contributed by atoms with Gasteiger partial charge in [-0.05, 0) is 37.1 Å². The van der Waals surface area contributed by atoms with Crippen molar-refractivity contribution in [3.8, 4) is 16.3 Å². The molecule has 116 valence electrons. The Labute approximate surface area is 134 Å². The maximum absolute atomic E-state index is 11.6. The van der Waals surface area contributed by atoms with Crippen molar-refractivity contribution in [3.05, 3.63) is 41.4 Å². The first-order valence-corrected chi connectivity index (χ1v) is 8.35. The van der Waals surface area contributed by atoms with Crippen molar-refractivity contribution < 1.29 is 9.53 Å². The Morgan fingerprint density at radius 3 is 2.64 bits per heavy atom. The molecule has 4 nitrogen and oxygen atoms in total. The van der Waals surface area contributed by atoms with E-state index in [2.05, 4.69) is 24.0 Å². The molecule has 0 N–H and O–H groups in total. The average Bonchev–Trinajstić information content (AvgIpc) is 2.97. The van der Waals surface area contributed by atoms with Crippen LogP contribution in [0.3, 0.4) is 0 Å². The van der Waals surface area contributed by atoms with E-state index in [-0.39, 0.29) is 5.97 Å². The third-order valence-electron chi connectivity index (χ3n) is 2.96. The minimum absolute atomic E-state index is 0.345. The summed E-state index contributed by atoms with van der Waals surface area (Å²) in [6.07, 6.45) is 7.21. The highest BCUT2D eigenvalue weighted by Gasteiger charge is 2.07. The van der Waals surface area contributed by atoms with E-state index in [9.17, 15) is 4.79 Å². The third-order valence-corrected chi connectivity index (χ3v) is 3.99. The molecule has 2 aromatic rings. The van der Waals surface area contributed by atoms with Crippen LogP contribution in [0.25, 0.3) is 10.6 Å². The molecule has 0 atom stereocenters. The largest absolute Gasteiger partial charge is 0.423 e. The van der Waals surface area contributed by atoms with Gasteiger partial charge in [0.25, 0.3) is 0 Å². The number of allylic oxidation sites excluding steroid dienone is 1. The summed E-state index contributed by atoms with van der Waals surface area (Å²) in [5, 5.41) is 10.3. The van der Waals surface area contributed by atoms with E-state index in [4.69, 9.17) is 4.74 Å². The van der Waals surface area contributed by atoms with Crippen LogP contribution in [0.1, 0.15) is 38.1 Å². The second-order valence-electron chi connectivity index (χ2n) is 4.89. The lowest BCUT2D eigenvalue weighted by Gasteiger charge is -2.02. The third kappa shape index (κ3) is 4.77. The van der Waals surface area contributed by atoms with Crippen molar-refractivity contribution in [3.63, 3.8) is 0 Å². The maximum atomic E-state index is 11.6. The Balaban J connectivity index is 1.98. The summed E-state index contributed by atoms with van der Waals surface area (Å²) in [4.78, 5) is 11.6. The van der Waals surface area contributed by atoms with E-state index in [1.807, 2.05) is 18.2 Å². The molecule has 0 unspecified atom stereocenters. The average molecular weight is 316 g/mol. The van der Waals surface area contributed by atoms with Crippen LogP contribution in [0.4, 0.5) is 0 Å². The summed E-state index contributed by atoms with van der Waals surface area (Å²) >= 11 is 1.60. The van der Waals surface area contributed by atoms with Crippen molar-refractivity contribution in [2.24, 2.45) is 0 Å². The van der Waals surface area contributed by atoms with Crippen LogP contribution in [-0.4, -0.2) is 16.2 Å². The topological polar surface area (TPSA) is 52.1 Å². The van der Waals surface area contributed by atoms with Gasteiger partial charge >= 0.3 is 5.97 Å². The number of nitrogens with zero attached hydrogens (tertiary/aromatic N) is 2. The van der Waals surface area contributed by atoms with Crippen LogP contribution < -0.4 is 4.74 Å². The summed E-state index contributed by atoms with van der Waals surface area (Å²) in [5.74, 6) is 0.190. The Hall–Kier alpha value is -2.01. The van der Waals surface area contributed by atoms with Crippen molar-refractivity contribution in [2.75, 3.05) is 0 Å². The molecule has 5 heteroatoms. The van der Waals surface area contributed by atoms with Crippen LogP contribution in [0.15, 0.2) is 36.4 Å². The van der Waals surface area contributed by atoms with E-state index in [1.54, 1.807) is 23.5 Å². The van der Waals surface area contributed by atoms with Crippen molar-refractivity contribution in [1.29, 1.82) is 0 Å². The smallest absolute Gasteiger partial charge is 0.335 e. The lowest BCUT2D eigenvalue weighted by Crippen LogP contribution is -2.03. The lowest BCUT2D eigenvalue weighted by molar-refractivity contribution is -0.129. The molecular formula is C17H20N2O2S. The fourth-order valence-corrected chi connectivity index (χ4v) is 2.79. The van der Waals surface area contributed by atoms with E-state index < -0.39 is 0 Å². The minimum Gasteiger partial charge on any atom is -0.423 e. The van der Waals surface area contributed by atoms with Gasteiger partial charge in [0.1, 0.15) is 15.8 Å². The number of carbonyl (C=O) groups excluding carboxylic acids is 1. The number of carbonyl (C=O) groups is 1. The van der Waals surface area contributed by atoms with E-state index in [1.165, 1.54) is 6.08 Å². The molecule has 1 heterocycles. The SMILES string of the molecule is CCCC=CC(=O)Oc1ccc(-c2nnc(CCC)s2)cc1. The highest BCUT2D eigenvalue weighted by Crippen LogP contribution is 2.26. The zero-order valence-electron chi connectivity index (χ0n) is 12.9. The monoisotopic (exact) mass is 316 g/mol. The van der Waals surface area contributed by atoms with Crippen molar-refractivity contribution in [2.45, 2.75) is 39.5 Å². The highest BCUT2D eigenvalue weighted by molar-refractivity contribution is 7.14. The van der Waals surface area contributed by atoms with Crippen LogP contribution in [-0.2, 0) is 11.2 Å². The van der Waals surface area contributed by atoms with Crippen LogP contribution in [0.2, 0.25) is 0 Å². The minimum atomic E-state index is -0.345. The second kappa shape index (κ2) is 8.44. The van der Waals surface area contributed by atoms with Gasteiger partial charge in [-0.15, -0.1) is 10.2 Å². The number of hydrogen-bond acceptors (Lipinski definition) is 5. The van der Waals surface area contributed by atoms with Gasteiger partial charge in [0.2, 0.25) is 0 Å². The van der Waals surface area contributed by atoms with Crippen molar-refractivity contribution >= 4 is 17.3 Å². The number of benzene rings is 1. The van der Waals surface area contributed by atoms with Gasteiger partial charge in [-0.3, -0.25) is 0 Å². The summed E-state index contributed by atoms with van der Waals surface area (Å²) < 4.78 is 5.24. The molecule has 1 aromatic heterocycles. The molecule has 0 aliphatic heterocycles. The lowest BCUT2D eigenvalue weighted by atomic mass is 10.2. The summed E-state index contributed by atoms with van der Waals surface area (Å²) in [6.45, 7) is 4.19. The molecule has 0 saturated carbocycles. The van der Waals surface area contributed by atoms with Crippen LogP contribution in [0.5, 0.6) is 5.75 Å². The quantitative estimate of drug-likeness (QED) is 0.431. The van der Waals surface area contributed by atoms with Gasteiger partial charge in [0.05, 0.1) is 0 Å². The molecule has 22 heavy (non-hydrogen) atoms. The molecule has 0 amide bonds. The van der Waals surface area contributed by atoms with Crippen LogP contribution in [0, 0.1) is 0 Å². The summed E-state index contributed by atoms with van der Waals surface area (Å²) in [5.41, 5.74) is 0.987. The molecule has 2 rings (SSSR count). The number of aryl methyl sites for hydroxylation is 1. The Bertz CT molecular complexity index is 632. The molecule has 0 bridgehead atoms. The van der Waals surface area contributed by atoms with Crippen molar-refractivity contribution in [1.82, 2.24) is 10.2 Å². The second-order valence-corrected chi connectivity index (χ2v) is 5.95. The predicted octanol–water partition coefficient (Wildman–Crippen LogP) is 4.42.